The topological polar surface area (TPSA) is 71.5 Å². The summed E-state index contributed by atoms with van der Waals surface area (Å²) in [7, 11) is -3.18. The van der Waals surface area contributed by atoms with E-state index in [0.717, 1.165) is 0 Å². The number of ether oxygens (including phenoxy) is 1. The predicted molar refractivity (Wildman–Crippen MR) is 80.6 cm³/mol. The first-order valence-corrected chi connectivity index (χ1v) is 9.04. The van der Waals surface area contributed by atoms with Gasteiger partial charge in [0.1, 0.15) is 0 Å². The summed E-state index contributed by atoms with van der Waals surface area (Å²) in [4.78, 5) is 3.98. The second-order valence-corrected chi connectivity index (χ2v) is 8.11. The molecule has 8 heteroatoms. The number of sulfonamides is 1. The Morgan fingerprint density at radius 2 is 2.41 bits per heavy atom. The minimum absolute atomic E-state index is 0.0614. The minimum atomic E-state index is -3.18. The van der Waals surface area contributed by atoms with Crippen LogP contribution < -0.4 is 5.32 Å². The first kappa shape index (κ1) is 15.6. The van der Waals surface area contributed by atoms with Gasteiger partial charge in [0, 0.05) is 25.7 Å². The molecular weight excluding hydrogens is 309 g/mol. The quantitative estimate of drug-likeness (QED) is 0.899. The van der Waals surface area contributed by atoms with Crippen LogP contribution in [0.5, 0.6) is 0 Å². The second-order valence-electron chi connectivity index (χ2n) is 5.86. The molecule has 0 unspecified atom stereocenters. The predicted octanol–water partition coefficient (Wildman–Crippen LogP) is 1.22. The largest absolute Gasteiger partial charge is 0.371 e. The Bertz CT molecular complexity index is 654. The number of nitrogens with zero attached hydrogens (tertiary/aromatic N) is 2. The molecular formula is C14H20FN3O3S. The number of anilines is 1. The van der Waals surface area contributed by atoms with Gasteiger partial charge in [0.15, 0.2) is 11.6 Å². The van der Waals surface area contributed by atoms with Gasteiger partial charge in [-0.25, -0.2) is 17.8 Å². The second kappa shape index (κ2) is 5.75. The SMILES string of the molecule is CCS(=O)(=O)N1CC[C@@]2(C[C@@H](Nc3ncccc3F)CO2)C1. The molecule has 0 bridgehead atoms. The molecule has 6 nitrogen and oxygen atoms in total. The van der Waals surface area contributed by atoms with E-state index in [4.69, 9.17) is 4.74 Å². The van der Waals surface area contributed by atoms with Crippen LogP contribution in [0.4, 0.5) is 10.2 Å². The Morgan fingerprint density at radius 1 is 1.59 bits per heavy atom. The third-order valence-electron chi connectivity index (χ3n) is 4.35. The fraction of sp³-hybridized carbons (Fsp3) is 0.643. The van der Waals surface area contributed by atoms with Gasteiger partial charge in [-0.3, -0.25) is 0 Å². The summed E-state index contributed by atoms with van der Waals surface area (Å²) in [5.41, 5.74) is -0.453. The van der Waals surface area contributed by atoms with Crippen LogP contribution in [0.2, 0.25) is 0 Å². The zero-order valence-electron chi connectivity index (χ0n) is 12.5. The van der Waals surface area contributed by atoms with Crippen molar-refractivity contribution in [3.05, 3.63) is 24.1 Å². The Morgan fingerprint density at radius 3 is 3.14 bits per heavy atom. The van der Waals surface area contributed by atoms with E-state index in [1.54, 1.807) is 6.92 Å². The van der Waals surface area contributed by atoms with Gasteiger partial charge in [0.2, 0.25) is 10.0 Å². The summed E-state index contributed by atoms with van der Waals surface area (Å²) in [6.45, 7) is 2.94. The molecule has 0 aliphatic carbocycles. The van der Waals surface area contributed by atoms with Gasteiger partial charge in [-0.2, -0.15) is 4.31 Å². The zero-order valence-corrected chi connectivity index (χ0v) is 13.3. The lowest BCUT2D eigenvalue weighted by Gasteiger charge is -2.23. The highest BCUT2D eigenvalue weighted by Gasteiger charge is 2.48. The number of hydrogen-bond donors (Lipinski definition) is 1. The molecule has 2 aliphatic rings. The molecule has 2 saturated heterocycles. The fourth-order valence-electron chi connectivity index (χ4n) is 3.13. The van der Waals surface area contributed by atoms with Crippen molar-refractivity contribution < 1.29 is 17.5 Å². The van der Waals surface area contributed by atoms with Crippen LogP contribution in [0.3, 0.4) is 0 Å². The molecule has 2 fully saturated rings. The maximum Gasteiger partial charge on any atom is 0.213 e. The van der Waals surface area contributed by atoms with E-state index in [-0.39, 0.29) is 17.6 Å². The van der Waals surface area contributed by atoms with Crippen molar-refractivity contribution in [1.29, 1.82) is 0 Å². The minimum Gasteiger partial charge on any atom is -0.371 e. The molecule has 2 atom stereocenters. The van der Waals surface area contributed by atoms with Crippen LogP contribution in [0.1, 0.15) is 19.8 Å². The summed E-state index contributed by atoms with van der Waals surface area (Å²) in [6, 6.07) is 2.83. The molecule has 0 radical (unpaired) electrons. The molecule has 0 aromatic carbocycles. The maximum absolute atomic E-state index is 13.6. The molecule has 0 amide bonds. The molecule has 1 spiro atoms. The standard InChI is InChI=1S/C14H20FN3O3S/c1-2-22(19,20)18-7-5-14(10-18)8-11(9-21-14)17-13-12(15)4-3-6-16-13/h3-4,6,11H,2,5,7-10H2,1H3,(H,16,17)/t11-,14-/m1/s1. The molecule has 1 N–H and O–H groups in total. The molecule has 3 rings (SSSR count). The summed E-state index contributed by atoms with van der Waals surface area (Å²) >= 11 is 0. The lowest BCUT2D eigenvalue weighted by molar-refractivity contribution is 0.0173. The van der Waals surface area contributed by atoms with E-state index in [0.29, 0.717) is 32.5 Å². The number of aromatic nitrogens is 1. The highest BCUT2D eigenvalue weighted by molar-refractivity contribution is 7.89. The average molecular weight is 329 g/mol. The fourth-order valence-corrected chi connectivity index (χ4v) is 4.30. The van der Waals surface area contributed by atoms with E-state index >= 15 is 0 Å². The van der Waals surface area contributed by atoms with E-state index in [1.165, 1.54) is 22.6 Å². The van der Waals surface area contributed by atoms with Crippen LogP contribution in [-0.2, 0) is 14.8 Å². The van der Waals surface area contributed by atoms with Crippen molar-refractivity contribution in [2.45, 2.75) is 31.4 Å². The van der Waals surface area contributed by atoms with Crippen molar-refractivity contribution in [2.75, 3.05) is 30.8 Å². The van der Waals surface area contributed by atoms with Gasteiger partial charge in [-0.15, -0.1) is 0 Å². The third kappa shape index (κ3) is 2.95. The van der Waals surface area contributed by atoms with Crippen LogP contribution in [0.15, 0.2) is 18.3 Å². The van der Waals surface area contributed by atoms with Gasteiger partial charge in [0.05, 0.1) is 24.0 Å². The number of hydrogen-bond acceptors (Lipinski definition) is 5. The normalized spacial score (nSPS) is 29.3. The summed E-state index contributed by atoms with van der Waals surface area (Å²) in [6.07, 6.45) is 2.86. The smallest absolute Gasteiger partial charge is 0.213 e. The van der Waals surface area contributed by atoms with E-state index in [1.807, 2.05) is 0 Å². The Balaban J connectivity index is 1.65. The first-order chi connectivity index (χ1) is 10.4. The Hall–Kier alpha value is -1.25. The van der Waals surface area contributed by atoms with Gasteiger partial charge in [-0.1, -0.05) is 0 Å². The highest BCUT2D eigenvalue weighted by Crippen LogP contribution is 2.37. The molecule has 122 valence electrons. The lowest BCUT2D eigenvalue weighted by Crippen LogP contribution is -2.37. The summed E-state index contributed by atoms with van der Waals surface area (Å²) in [5, 5.41) is 3.05. The van der Waals surface area contributed by atoms with Crippen molar-refractivity contribution in [3.63, 3.8) is 0 Å². The van der Waals surface area contributed by atoms with Crippen molar-refractivity contribution in [3.8, 4) is 0 Å². The molecule has 22 heavy (non-hydrogen) atoms. The molecule has 1 aromatic heterocycles. The molecule has 2 aliphatic heterocycles. The monoisotopic (exact) mass is 329 g/mol. The van der Waals surface area contributed by atoms with Gasteiger partial charge < -0.3 is 10.1 Å². The number of nitrogens with one attached hydrogen (secondary N) is 1. The van der Waals surface area contributed by atoms with Crippen molar-refractivity contribution in [1.82, 2.24) is 9.29 Å². The van der Waals surface area contributed by atoms with E-state index < -0.39 is 21.4 Å². The number of rotatable bonds is 4. The van der Waals surface area contributed by atoms with Gasteiger partial charge in [-0.05, 0) is 25.5 Å². The Kier molecular flexibility index (Phi) is 4.09. The van der Waals surface area contributed by atoms with E-state index in [2.05, 4.69) is 10.3 Å². The highest BCUT2D eigenvalue weighted by atomic mass is 32.2. The van der Waals surface area contributed by atoms with Crippen LogP contribution >= 0.6 is 0 Å². The van der Waals surface area contributed by atoms with Crippen LogP contribution in [0, 0.1) is 5.82 Å². The number of pyridine rings is 1. The van der Waals surface area contributed by atoms with Gasteiger partial charge >= 0.3 is 0 Å². The van der Waals surface area contributed by atoms with Gasteiger partial charge in [0.25, 0.3) is 0 Å². The molecule has 0 saturated carbocycles. The summed E-state index contributed by atoms with van der Waals surface area (Å²) < 4.78 is 44.9. The number of halogens is 1. The van der Waals surface area contributed by atoms with E-state index in [9.17, 15) is 12.8 Å². The van der Waals surface area contributed by atoms with Crippen LogP contribution in [0.25, 0.3) is 0 Å². The lowest BCUT2D eigenvalue weighted by atomic mass is 9.97. The zero-order chi connectivity index (χ0) is 15.8. The van der Waals surface area contributed by atoms with Crippen LogP contribution in [-0.4, -0.2) is 54.8 Å². The van der Waals surface area contributed by atoms with Crippen molar-refractivity contribution >= 4 is 15.8 Å². The summed E-state index contributed by atoms with van der Waals surface area (Å²) in [5.74, 6) is -0.0848. The average Bonchev–Trinajstić information content (AvgIpc) is 3.10. The Labute approximate surface area is 129 Å². The van der Waals surface area contributed by atoms with Crippen molar-refractivity contribution in [2.24, 2.45) is 0 Å². The third-order valence-corrected chi connectivity index (χ3v) is 6.18. The molecule has 3 heterocycles. The first-order valence-electron chi connectivity index (χ1n) is 7.43. The molecule has 1 aromatic rings. The maximum atomic E-state index is 13.6.